The van der Waals surface area contributed by atoms with Gasteiger partial charge in [-0.25, -0.2) is 15.2 Å². The summed E-state index contributed by atoms with van der Waals surface area (Å²) >= 11 is 3.21. The van der Waals surface area contributed by atoms with Gasteiger partial charge in [-0.3, -0.25) is 0 Å². The highest BCUT2D eigenvalue weighted by molar-refractivity contribution is 9.10. The molecule has 1 fully saturated rings. The van der Waals surface area contributed by atoms with Crippen LogP contribution in [0.25, 0.3) is 0 Å². The molecule has 0 aromatic heterocycles. The van der Waals surface area contributed by atoms with Crippen LogP contribution in [-0.2, 0) is 0 Å². The quantitative estimate of drug-likeness (QED) is 0.799. The van der Waals surface area contributed by atoms with E-state index in [-0.39, 0.29) is 18.0 Å². The maximum atomic E-state index is 13.1. The normalized spacial score (nSPS) is 24.2. The fourth-order valence-electron chi connectivity index (χ4n) is 1.96. The molecule has 0 aliphatic carbocycles. The van der Waals surface area contributed by atoms with Crippen molar-refractivity contribution >= 4 is 15.9 Å². The molecule has 0 radical (unpaired) electrons. The van der Waals surface area contributed by atoms with Crippen LogP contribution in [0.5, 0.6) is 0 Å². The van der Waals surface area contributed by atoms with E-state index in [2.05, 4.69) is 39.0 Å². The topological polar surface area (TPSA) is 36.1 Å². The summed E-state index contributed by atoms with van der Waals surface area (Å²) in [5.41, 5.74) is 7.52. The third-order valence-electron chi connectivity index (χ3n) is 2.89. The second-order valence-electron chi connectivity index (χ2n) is 4.26. The smallest absolute Gasteiger partial charge is 0.137 e. The van der Waals surface area contributed by atoms with E-state index in [0.29, 0.717) is 4.47 Å². The Bertz CT molecular complexity index is 386. The summed E-state index contributed by atoms with van der Waals surface area (Å²) in [6.07, 6.45) is 2.35. The number of hydrazine groups is 1. The SMILES string of the molecule is CCCNC1CC(c2ccc(F)c(Br)c2)NN1. The van der Waals surface area contributed by atoms with Gasteiger partial charge in [-0.05, 0) is 53.0 Å². The fourth-order valence-corrected chi connectivity index (χ4v) is 2.35. The molecule has 3 nitrogen and oxygen atoms in total. The highest BCUT2D eigenvalue weighted by Gasteiger charge is 2.24. The Morgan fingerprint density at radius 3 is 3.00 bits per heavy atom. The van der Waals surface area contributed by atoms with Crippen LogP contribution >= 0.6 is 15.9 Å². The lowest BCUT2D eigenvalue weighted by molar-refractivity contribution is 0.458. The molecular weight excluding hydrogens is 285 g/mol. The molecule has 94 valence electrons. The van der Waals surface area contributed by atoms with E-state index in [4.69, 9.17) is 0 Å². The average molecular weight is 302 g/mol. The van der Waals surface area contributed by atoms with E-state index in [9.17, 15) is 4.39 Å². The van der Waals surface area contributed by atoms with E-state index < -0.39 is 0 Å². The summed E-state index contributed by atoms with van der Waals surface area (Å²) in [4.78, 5) is 0. The molecular formula is C12H17BrFN3. The molecule has 0 amide bonds. The zero-order valence-corrected chi connectivity index (χ0v) is 11.3. The van der Waals surface area contributed by atoms with Crippen LogP contribution < -0.4 is 16.2 Å². The first-order valence-corrected chi connectivity index (χ1v) is 6.69. The van der Waals surface area contributed by atoms with Crippen LogP contribution in [0.4, 0.5) is 4.39 Å². The van der Waals surface area contributed by atoms with Gasteiger partial charge < -0.3 is 5.32 Å². The molecule has 2 unspecified atom stereocenters. The van der Waals surface area contributed by atoms with Crippen molar-refractivity contribution in [3.63, 3.8) is 0 Å². The highest BCUT2D eigenvalue weighted by Crippen LogP contribution is 2.25. The van der Waals surface area contributed by atoms with Gasteiger partial charge in [0.1, 0.15) is 5.82 Å². The largest absolute Gasteiger partial charge is 0.301 e. The van der Waals surface area contributed by atoms with Gasteiger partial charge in [0.05, 0.1) is 10.6 Å². The number of hydrogen-bond acceptors (Lipinski definition) is 3. The maximum Gasteiger partial charge on any atom is 0.137 e. The zero-order chi connectivity index (χ0) is 12.3. The van der Waals surface area contributed by atoms with Crippen LogP contribution in [0.3, 0.4) is 0 Å². The van der Waals surface area contributed by atoms with Gasteiger partial charge in [-0.1, -0.05) is 13.0 Å². The van der Waals surface area contributed by atoms with Crippen molar-refractivity contribution in [2.24, 2.45) is 0 Å². The van der Waals surface area contributed by atoms with Gasteiger partial charge >= 0.3 is 0 Å². The summed E-state index contributed by atoms with van der Waals surface area (Å²) in [5.74, 6) is -0.222. The van der Waals surface area contributed by atoms with Gasteiger partial charge in [0, 0.05) is 6.04 Å². The predicted octanol–water partition coefficient (Wildman–Crippen LogP) is 2.45. The summed E-state index contributed by atoms with van der Waals surface area (Å²) < 4.78 is 13.6. The van der Waals surface area contributed by atoms with Crippen molar-refractivity contribution in [3.8, 4) is 0 Å². The first kappa shape index (κ1) is 13.0. The van der Waals surface area contributed by atoms with Crippen molar-refractivity contribution in [2.45, 2.75) is 32.0 Å². The van der Waals surface area contributed by atoms with Crippen molar-refractivity contribution in [1.82, 2.24) is 16.2 Å². The van der Waals surface area contributed by atoms with Crippen molar-refractivity contribution in [2.75, 3.05) is 6.54 Å². The number of rotatable bonds is 4. The predicted molar refractivity (Wildman–Crippen MR) is 69.8 cm³/mol. The Hall–Kier alpha value is -0.490. The van der Waals surface area contributed by atoms with Crippen LogP contribution in [0.15, 0.2) is 22.7 Å². The summed E-state index contributed by atoms with van der Waals surface area (Å²) in [7, 11) is 0. The minimum Gasteiger partial charge on any atom is -0.301 e. The van der Waals surface area contributed by atoms with Crippen LogP contribution in [0.1, 0.15) is 31.4 Å². The molecule has 0 bridgehead atoms. The maximum absolute atomic E-state index is 13.1. The van der Waals surface area contributed by atoms with Gasteiger partial charge in [0.15, 0.2) is 0 Å². The molecule has 0 saturated carbocycles. The molecule has 1 aliphatic heterocycles. The van der Waals surface area contributed by atoms with Gasteiger partial charge in [0.2, 0.25) is 0 Å². The first-order chi connectivity index (χ1) is 8.20. The van der Waals surface area contributed by atoms with Gasteiger partial charge in [-0.15, -0.1) is 0 Å². The molecule has 1 aromatic carbocycles. The standard InChI is InChI=1S/C12H17BrFN3/c1-2-5-15-12-7-11(16-17-12)8-3-4-10(14)9(13)6-8/h3-4,6,11-12,15-17H,2,5,7H2,1H3. The molecule has 2 atom stereocenters. The third-order valence-corrected chi connectivity index (χ3v) is 3.50. The minimum atomic E-state index is -0.222. The van der Waals surface area contributed by atoms with E-state index in [1.807, 2.05) is 12.1 Å². The van der Waals surface area contributed by atoms with Crippen molar-refractivity contribution in [3.05, 3.63) is 34.1 Å². The molecule has 3 N–H and O–H groups in total. The number of nitrogens with one attached hydrogen (secondary N) is 3. The molecule has 1 saturated heterocycles. The van der Waals surface area contributed by atoms with Crippen LogP contribution in [0, 0.1) is 5.82 Å². The lowest BCUT2D eigenvalue weighted by atomic mass is 10.0. The second kappa shape index (κ2) is 5.91. The fraction of sp³-hybridized carbons (Fsp3) is 0.500. The summed E-state index contributed by atoms with van der Waals surface area (Å²) in [5, 5.41) is 3.40. The van der Waals surface area contributed by atoms with E-state index in [1.54, 1.807) is 0 Å². The Morgan fingerprint density at radius 1 is 1.47 bits per heavy atom. The van der Waals surface area contributed by atoms with Crippen LogP contribution in [-0.4, -0.2) is 12.7 Å². The summed E-state index contributed by atoms with van der Waals surface area (Å²) in [6.45, 7) is 3.14. The Balaban J connectivity index is 1.97. The summed E-state index contributed by atoms with van der Waals surface area (Å²) in [6, 6.07) is 5.37. The third kappa shape index (κ3) is 3.25. The van der Waals surface area contributed by atoms with E-state index in [1.165, 1.54) is 6.07 Å². The Morgan fingerprint density at radius 2 is 2.29 bits per heavy atom. The number of halogens is 2. The molecule has 5 heteroatoms. The van der Waals surface area contributed by atoms with Crippen molar-refractivity contribution in [1.29, 1.82) is 0 Å². The average Bonchev–Trinajstić information content (AvgIpc) is 2.79. The lowest BCUT2D eigenvalue weighted by Gasteiger charge is -2.11. The molecule has 1 aromatic rings. The Labute approximate surface area is 109 Å². The molecule has 1 aliphatic rings. The first-order valence-electron chi connectivity index (χ1n) is 5.90. The Kier molecular flexibility index (Phi) is 4.50. The molecule has 2 rings (SSSR count). The van der Waals surface area contributed by atoms with Gasteiger partial charge in [0.25, 0.3) is 0 Å². The molecule has 0 spiro atoms. The van der Waals surface area contributed by atoms with Crippen LogP contribution in [0.2, 0.25) is 0 Å². The minimum absolute atomic E-state index is 0.222. The molecule has 17 heavy (non-hydrogen) atoms. The second-order valence-corrected chi connectivity index (χ2v) is 5.11. The zero-order valence-electron chi connectivity index (χ0n) is 9.76. The monoisotopic (exact) mass is 301 g/mol. The van der Waals surface area contributed by atoms with Gasteiger partial charge in [-0.2, -0.15) is 0 Å². The number of benzene rings is 1. The van der Waals surface area contributed by atoms with Crippen molar-refractivity contribution < 1.29 is 4.39 Å². The molecule has 1 heterocycles. The highest BCUT2D eigenvalue weighted by atomic mass is 79.9. The van der Waals surface area contributed by atoms with E-state index >= 15 is 0 Å². The van der Waals surface area contributed by atoms with E-state index in [0.717, 1.165) is 24.9 Å². The lowest BCUT2D eigenvalue weighted by Crippen LogP contribution is -2.41. The number of hydrogen-bond donors (Lipinski definition) is 3.